The normalized spacial score (nSPS) is 21.7. The summed E-state index contributed by atoms with van der Waals surface area (Å²) in [4.78, 5) is 27.6. The van der Waals surface area contributed by atoms with Crippen molar-refractivity contribution < 1.29 is 24.2 Å². The van der Waals surface area contributed by atoms with Gasteiger partial charge >= 0.3 is 0 Å². The minimum Gasteiger partial charge on any atom is -0.507 e. The lowest BCUT2D eigenvalue weighted by Crippen LogP contribution is -2.31. The van der Waals surface area contributed by atoms with E-state index in [1.165, 1.54) is 0 Å². The fourth-order valence-corrected chi connectivity index (χ4v) is 4.50. The Balaban J connectivity index is 1.79. The van der Waals surface area contributed by atoms with Gasteiger partial charge in [-0.3, -0.25) is 9.59 Å². The molecule has 2 aromatic rings. The van der Waals surface area contributed by atoms with E-state index in [-0.39, 0.29) is 17.4 Å². The number of likely N-dealkylation sites (tertiary alicyclic amines) is 1. The summed E-state index contributed by atoms with van der Waals surface area (Å²) in [5.74, 6) is -0.606. The maximum absolute atomic E-state index is 13.1. The SMILES string of the molecule is CCc1ccc(C2C(=C(O)c3ccc4c(c3)CC(C)O4)C(=O)C(=O)N2CCCOC)cc1. The highest BCUT2D eigenvalue weighted by Crippen LogP contribution is 2.40. The number of nitrogens with zero attached hydrogens (tertiary/aromatic N) is 1. The van der Waals surface area contributed by atoms with Crippen LogP contribution in [0.5, 0.6) is 5.75 Å². The van der Waals surface area contributed by atoms with Crippen LogP contribution in [0.1, 0.15) is 48.6 Å². The van der Waals surface area contributed by atoms with E-state index < -0.39 is 17.7 Å². The molecule has 2 unspecified atom stereocenters. The van der Waals surface area contributed by atoms with Crippen LogP contribution in [0.15, 0.2) is 48.0 Å². The molecular weight excluding hydrogens is 406 g/mol. The Hall–Kier alpha value is -3.12. The van der Waals surface area contributed by atoms with Gasteiger partial charge in [-0.05, 0) is 54.7 Å². The molecule has 6 heteroatoms. The van der Waals surface area contributed by atoms with Gasteiger partial charge in [0.2, 0.25) is 0 Å². The average molecular weight is 436 g/mol. The summed E-state index contributed by atoms with van der Waals surface area (Å²) < 4.78 is 10.9. The number of hydrogen-bond donors (Lipinski definition) is 1. The van der Waals surface area contributed by atoms with Crippen LogP contribution >= 0.6 is 0 Å². The number of hydrogen-bond acceptors (Lipinski definition) is 5. The molecule has 2 aromatic carbocycles. The second-order valence-electron chi connectivity index (χ2n) is 8.39. The lowest BCUT2D eigenvalue weighted by atomic mass is 9.93. The third kappa shape index (κ3) is 4.02. The van der Waals surface area contributed by atoms with Crippen LogP contribution in [0.4, 0.5) is 0 Å². The van der Waals surface area contributed by atoms with Crippen molar-refractivity contribution in [1.29, 1.82) is 0 Å². The highest BCUT2D eigenvalue weighted by Gasteiger charge is 2.45. The summed E-state index contributed by atoms with van der Waals surface area (Å²) in [6, 6.07) is 12.6. The first-order chi connectivity index (χ1) is 15.4. The number of benzene rings is 2. The van der Waals surface area contributed by atoms with Crippen LogP contribution in [0, 0.1) is 0 Å². The lowest BCUT2D eigenvalue weighted by molar-refractivity contribution is -0.140. The standard InChI is InChI=1S/C26H29NO5/c1-4-17-6-8-18(9-7-17)23-22(25(29)26(30)27(23)12-5-13-31-3)24(28)19-10-11-21-20(15-19)14-16(2)32-21/h6-11,15-16,23,28H,4-5,12-14H2,1-3H3. The molecule has 1 fully saturated rings. The summed E-state index contributed by atoms with van der Waals surface area (Å²) in [6.07, 6.45) is 2.31. The molecular formula is C26H29NO5. The summed E-state index contributed by atoms with van der Waals surface area (Å²) >= 11 is 0. The van der Waals surface area contributed by atoms with Gasteiger partial charge in [0.1, 0.15) is 17.6 Å². The maximum Gasteiger partial charge on any atom is 0.295 e. The minimum absolute atomic E-state index is 0.0749. The van der Waals surface area contributed by atoms with Crippen LogP contribution in [0.3, 0.4) is 0 Å². The molecule has 0 radical (unpaired) electrons. The molecule has 0 aliphatic carbocycles. The molecule has 2 heterocycles. The van der Waals surface area contributed by atoms with Crippen LogP contribution < -0.4 is 4.74 Å². The van der Waals surface area contributed by atoms with Crippen LogP contribution in [-0.2, 0) is 27.2 Å². The van der Waals surface area contributed by atoms with E-state index in [4.69, 9.17) is 9.47 Å². The number of ether oxygens (including phenoxy) is 2. The number of ketones is 1. The number of aryl methyl sites for hydroxylation is 1. The number of amides is 1. The summed E-state index contributed by atoms with van der Waals surface area (Å²) in [6.45, 7) is 4.91. The number of carbonyl (C=O) groups is 2. The summed E-state index contributed by atoms with van der Waals surface area (Å²) in [7, 11) is 1.60. The second kappa shape index (κ2) is 9.17. The van der Waals surface area contributed by atoms with Crippen molar-refractivity contribution in [2.75, 3.05) is 20.3 Å². The fraction of sp³-hybridized carbons (Fsp3) is 0.385. The largest absolute Gasteiger partial charge is 0.507 e. The zero-order chi connectivity index (χ0) is 22.8. The molecule has 1 amide bonds. The van der Waals surface area contributed by atoms with Crippen molar-refractivity contribution in [3.8, 4) is 5.75 Å². The molecule has 1 N–H and O–H groups in total. The topological polar surface area (TPSA) is 76.1 Å². The molecule has 0 bridgehead atoms. The summed E-state index contributed by atoms with van der Waals surface area (Å²) in [5.41, 5.74) is 3.60. The lowest BCUT2D eigenvalue weighted by Gasteiger charge is -2.25. The van der Waals surface area contributed by atoms with E-state index in [0.29, 0.717) is 25.1 Å². The number of methoxy groups -OCH3 is 1. The van der Waals surface area contributed by atoms with E-state index in [1.807, 2.05) is 43.3 Å². The maximum atomic E-state index is 13.1. The molecule has 4 rings (SSSR count). The first-order valence-corrected chi connectivity index (χ1v) is 11.1. The first-order valence-electron chi connectivity index (χ1n) is 11.1. The zero-order valence-corrected chi connectivity index (χ0v) is 18.8. The number of fused-ring (bicyclic) bond motifs is 1. The second-order valence-corrected chi connectivity index (χ2v) is 8.39. The Bertz CT molecular complexity index is 1060. The molecule has 6 nitrogen and oxygen atoms in total. The van der Waals surface area contributed by atoms with Gasteiger partial charge in [0.15, 0.2) is 0 Å². The van der Waals surface area contributed by atoms with Crippen LogP contribution in [-0.4, -0.2) is 48.1 Å². The molecule has 1 saturated heterocycles. The molecule has 2 aliphatic heterocycles. The molecule has 2 atom stereocenters. The van der Waals surface area contributed by atoms with E-state index >= 15 is 0 Å². The van der Waals surface area contributed by atoms with Gasteiger partial charge in [0.05, 0.1) is 11.6 Å². The van der Waals surface area contributed by atoms with E-state index in [1.54, 1.807) is 18.1 Å². The fourth-order valence-electron chi connectivity index (χ4n) is 4.50. The monoisotopic (exact) mass is 435 g/mol. The van der Waals surface area contributed by atoms with Gasteiger partial charge in [-0.2, -0.15) is 0 Å². The van der Waals surface area contributed by atoms with Gasteiger partial charge < -0.3 is 19.5 Å². The molecule has 168 valence electrons. The molecule has 0 aromatic heterocycles. The highest BCUT2D eigenvalue weighted by molar-refractivity contribution is 6.46. The molecule has 0 spiro atoms. The number of aliphatic hydroxyl groups excluding tert-OH is 1. The quantitative estimate of drug-likeness (QED) is 0.308. The number of aliphatic hydroxyl groups is 1. The van der Waals surface area contributed by atoms with Crippen molar-refractivity contribution in [2.24, 2.45) is 0 Å². The Morgan fingerprint density at radius 3 is 2.62 bits per heavy atom. The van der Waals surface area contributed by atoms with Crippen LogP contribution in [0.2, 0.25) is 0 Å². The van der Waals surface area contributed by atoms with E-state index in [9.17, 15) is 14.7 Å². The van der Waals surface area contributed by atoms with Crippen molar-refractivity contribution in [1.82, 2.24) is 4.90 Å². The van der Waals surface area contributed by atoms with Crippen molar-refractivity contribution in [2.45, 2.75) is 45.3 Å². The average Bonchev–Trinajstić information content (AvgIpc) is 3.29. The smallest absolute Gasteiger partial charge is 0.295 e. The molecule has 32 heavy (non-hydrogen) atoms. The van der Waals surface area contributed by atoms with Crippen LogP contribution in [0.25, 0.3) is 5.76 Å². The van der Waals surface area contributed by atoms with Gasteiger partial charge in [-0.1, -0.05) is 31.2 Å². The van der Waals surface area contributed by atoms with Crippen molar-refractivity contribution >= 4 is 17.4 Å². The number of carbonyl (C=O) groups excluding carboxylic acids is 2. The highest BCUT2D eigenvalue weighted by atomic mass is 16.5. The molecule has 0 saturated carbocycles. The zero-order valence-electron chi connectivity index (χ0n) is 18.8. The first kappa shape index (κ1) is 22.1. The third-order valence-corrected chi connectivity index (χ3v) is 6.16. The number of Topliss-reactive ketones (excluding diaryl/α,β-unsaturated/α-hetero) is 1. The third-order valence-electron chi connectivity index (χ3n) is 6.16. The predicted octanol–water partition coefficient (Wildman–Crippen LogP) is 4.03. The minimum atomic E-state index is -0.658. The van der Waals surface area contributed by atoms with Gasteiger partial charge in [0, 0.05) is 32.2 Å². The Labute approximate surface area is 188 Å². The molecule has 2 aliphatic rings. The Morgan fingerprint density at radius 1 is 1.19 bits per heavy atom. The van der Waals surface area contributed by atoms with E-state index in [0.717, 1.165) is 35.3 Å². The summed E-state index contributed by atoms with van der Waals surface area (Å²) in [5, 5.41) is 11.2. The van der Waals surface area contributed by atoms with Crippen molar-refractivity contribution in [3.05, 3.63) is 70.3 Å². The number of rotatable bonds is 7. The van der Waals surface area contributed by atoms with E-state index in [2.05, 4.69) is 6.92 Å². The Kier molecular flexibility index (Phi) is 6.33. The Morgan fingerprint density at radius 2 is 1.94 bits per heavy atom. The van der Waals surface area contributed by atoms with Crippen molar-refractivity contribution in [3.63, 3.8) is 0 Å². The van der Waals surface area contributed by atoms with Gasteiger partial charge in [0.25, 0.3) is 11.7 Å². The van der Waals surface area contributed by atoms with Gasteiger partial charge in [-0.15, -0.1) is 0 Å². The van der Waals surface area contributed by atoms with Gasteiger partial charge in [-0.25, -0.2) is 0 Å². The predicted molar refractivity (Wildman–Crippen MR) is 122 cm³/mol.